The van der Waals surface area contributed by atoms with E-state index in [0.717, 1.165) is 30.8 Å². The van der Waals surface area contributed by atoms with Crippen molar-refractivity contribution in [3.63, 3.8) is 0 Å². The predicted octanol–water partition coefficient (Wildman–Crippen LogP) is 3.07. The summed E-state index contributed by atoms with van der Waals surface area (Å²) in [5, 5.41) is 4.72. The fourth-order valence-electron chi connectivity index (χ4n) is 4.17. The SMILES string of the molecule is Cc1cccc(-c2ccn(-c3nc(N4CCOCC4)c4oc(C(=O)N5CCC5)cc4n3)n2)c1. The summed E-state index contributed by atoms with van der Waals surface area (Å²) >= 11 is 0. The summed E-state index contributed by atoms with van der Waals surface area (Å²) in [5.74, 6) is 1.29. The van der Waals surface area contributed by atoms with Crippen molar-refractivity contribution in [2.24, 2.45) is 0 Å². The van der Waals surface area contributed by atoms with Crippen LogP contribution in [0.3, 0.4) is 0 Å². The van der Waals surface area contributed by atoms with Gasteiger partial charge in [0.2, 0.25) is 0 Å². The second kappa shape index (κ2) is 8.00. The summed E-state index contributed by atoms with van der Waals surface area (Å²) in [5.41, 5.74) is 4.17. The number of morpholine rings is 1. The number of aromatic nitrogens is 4. The third kappa shape index (κ3) is 3.64. The second-order valence-corrected chi connectivity index (χ2v) is 8.43. The fourth-order valence-corrected chi connectivity index (χ4v) is 4.17. The van der Waals surface area contributed by atoms with Crippen molar-refractivity contribution in [2.75, 3.05) is 44.3 Å². The van der Waals surface area contributed by atoms with Crippen molar-refractivity contribution in [1.82, 2.24) is 24.6 Å². The van der Waals surface area contributed by atoms with Gasteiger partial charge in [0.25, 0.3) is 11.9 Å². The number of benzene rings is 1. The summed E-state index contributed by atoms with van der Waals surface area (Å²) in [6.45, 7) is 6.19. The van der Waals surface area contributed by atoms with Gasteiger partial charge in [-0.05, 0) is 25.5 Å². The molecule has 9 nitrogen and oxygen atoms in total. The molecule has 1 amide bonds. The number of nitrogens with zero attached hydrogens (tertiary/aromatic N) is 6. The number of aryl methyl sites for hydroxylation is 1. The highest BCUT2D eigenvalue weighted by Crippen LogP contribution is 2.30. The third-order valence-corrected chi connectivity index (χ3v) is 6.11. The fraction of sp³-hybridized carbons (Fsp3) is 0.333. The van der Waals surface area contributed by atoms with Gasteiger partial charge >= 0.3 is 0 Å². The Hall–Kier alpha value is -3.72. The third-order valence-electron chi connectivity index (χ3n) is 6.11. The lowest BCUT2D eigenvalue weighted by Gasteiger charge is -2.29. The standard InChI is InChI=1S/C24H24N6O3/c1-16-4-2-5-17(14-16)18-6-9-30(27-18)24-25-19-15-20(23(31)29-7-3-8-29)33-21(19)22(26-24)28-10-12-32-13-11-28/h2,4-6,9,14-15H,3,7-8,10-13H2,1H3. The molecule has 5 heterocycles. The van der Waals surface area contributed by atoms with Crippen molar-refractivity contribution in [3.8, 4) is 17.2 Å². The number of amides is 1. The van der Waals surface area contributed by atoms with E-state index in [0.29, 0.717) is 54.9 Å². The van der Waals surface area contributed by atoms with Gasteiger partial charge in [-0.1, -0.05) is 23.8 Å². The average Bonchev–Trinajstić information content (AvgIpc) is 3.45. The number of anilines is 1. The van der Waals surface area contributed by atoms with Crippen LogP contribution in [0, 0.1) is 6.92 Å². The van der Waals surface area contributed by atoms with Crippen molar-refractivity contribution < 1.29 is 13.9 Å². The van der Waals surface area contributed by atoms with E-state index in [1.807, 2.05) is 24.4 Å². The molecule has 6 rings (SSSR count). The Labute approximate surface area is 190 Å². The van der Waals surface area contributed by atoms with Gasteiger partial charge in [0, 0.05) is 44.0 Å². The Balaban J connectivity index is 1.43. The first-order chi connectivity index (χ1) is 16.2. The van der Waals surface area contributed by atoms with Gasteiger partial charge in [0.15, 0.2) is 17.2 Å². The minimum atomic E-state index is -0.102. The summed E-state index contributed by atoms with van der Waals surface area (Å²) in [6, 6.07) is 11.9. The maximum absolute atomic E-state index is 12.8. The molecule has 3 aromatic heterocycles. The van der Waals surface area contributed by atoms with Crippen molar-refractivity contribution in [3.05, 3.63) is 53.9 Å². The molecule has 0 saturated carbocycles. The van der Waals surface area contributed by atoms with Crippen LogP contribution in [-0.4, -0.2) is 69.9 Å². The van der Waals surface area contributed by atoms with Crippen LogP contribution in [0.2, 0.25) is 0 Å². The Morgan fingerprint density at radius 2 is 1.88 bits per heavy atom. The van der Waals surface area contributed by atoms with Gasteiger partial charge < -0.3 is 19.0 Å². The Kier molecular flexibility index (Phi) is 4.83. The molecule has 2 aliphatic rings. The van der Waals surface area contributed by atoms with Crippen LogP contribution in [0.1, 0.15) is 22.5 Å². The quantitative estimate of drug-likeness (QED) is 0.478. The number of carbonyl (C=O) groups excluding carboxylic acids is 1. The molecular formula is C24H24N6O3. The lowest BCUT2D eigenvalue weighted by molar-refractivity contribution is 0.0621. The molecule has 0 spiro atoms. The van der Waals surface area contributed by atoms with E-state index in [4.69, 9.17) is 24.2 Å². The Bertz CT molecular complexity index is 1330. The largest absolute Gasteiger partial charge is 0.445 e. The maximum atomic E-state index is 12.8. The molecule has 0 aliphatic carbocycles. The molecule has 4 aromatic rings. The van der Waals surface area contributed by atoms with E-state index in [9.17, 15) is 4.79 Å². The zero-order chi connectivity index (χ0) is 22.4. The Morgan fingerprint density at radius 1 is 1.03 bits per heavy atom. The Morgan fingerprint density at radius 3 is 2.64 bits per heavy atom. The molecule has 2 fully saturated rings. The van der Waals surface area contributed by atoms with Crippen LogP contribution in [0.25, 0.3) is 28.3 Å². The monoisotopic (exact) mass is 444 g/mol. The molecule has 0 radical (unpaired) electrons. The van der Waals surface area contributed by atoms with E-state index < -0.39 is 0 Å². The lowest BCUT2D eigenvalue weighted by Crippen LogP contribution is -2.41. The average molecular weight is 444 g/mol. The number of ether oxygens (including phenoxy) is 1. The number of carbonyl (C=O) groups is 1. The highest BCUT2D eigenvalue weighted by Gasteiger charge is 2.27. The lowest BCUT2D eigenvalue weighted by atomic mass is 10.1. The van der Waals surface area contributed by atoms with Crippen LogP contribution in [0.5, 0.6) is 0 Å². The minimum Gasteiger partial charge on any atom is -0.445 e. The van der Waals surface area contributed by atoms with E-state index >= 15 is 0 Å². The summed E-state index contributed by atoms with van der Waals surface area (Å²) in [4.78, 5) is 26.2. The number of hydrogen-bond acceptors (Lipinski definition) is 7. The van der Waals surface area contributed by atoms with Crippen LogP contribution in [0.4, 0.5) is 5.82 Å². The molecule has 2 aliphatic heterocycles. The zero-order valence-electron chi connectivity index (χ0n) is 18.4. The normalized spacial score (nSPS) is 16.3. The molecule has 33 heavy (non-hydrogen) atoms. The molecule has 0 unspecified atom stereocenters. The highest BCUT2D eigenvalue weighted by atomic mass is 16.5. The molecule has 0 bridgehead atoms. The number of furan rings is 1. The minimum absolute atomic E-state index is 0.102. The number of hydrogen-bond donors (Lipinski definition) is 0. The maximum Gasteiger partial charge on any atom is 0.289 e. The summed E-state index contributed by atoms with van der Waals surface area (Å²) in [7, 11) is 0. The van der Waals surface area contributed by atoms with E-state index in [-0.39, 0.29) is 5.91 Å². The van der Waals surface area contributed by atoms with Gasteiger partial charge in [0.05, 0.1) is 18.9 Å². The van der Waals surface area contributed by atoms with Gasteiger partial charge in [-0.2, -0.15) is 10.1 Å². The van der Waals surface area contributed by atoms with Gasteiger partial charge in [-0.15, -0.1) is 0 Å². The van der Waals surface area contributed by atoms with E-state index in [2.05, 4.69) is 24.0 Å². The number of rotatable bonds is 4. The predicted molar refractivity (Wildman–Crippen MR) is 123 cm³/mol. The summed E-state index contributed by atoms with van der Waals surface area (Å²) in [6.07, 6.45) is 2.88. The van der Waals surface area contributed by atoms with Crippen LogP contribution >= 0.6 is 0 Å². The molecule has 1 aromatic carbocycles. The molecule has 168 valence electrons. The van der Waals surface area contributed by atoms with E-state index in [1.165, 1.54) is 5.56 Å². The van der Waals surface area contributed by atoms with Crippen LogP contribution in [0.15, 0.2) is 47.0 Å². The first-order valence-corrected chi connectivity index (χ1v) is 11.2. The topological polar surface area (TPSA) is 89.5 Å². The number of fused-ring (bicyclic) bond motifs is 1. The molecule has 0 N–H and O–H groups in total. The second-order valence-electron chi connectivity index (χ2n) is 8.43. The first-order valence-electron chi connectivity index (χ1n) is 11.2. The van der Waals surface area contributed by atoms with E-state index in [1.54, 1.807) is 15.6 Å². The highest BCUT2D eigenvalue weighted by molar-refractivity contribution is 5.97. The van der Waals surface area contributed by atoms with Gasteiger partial charge in [-0.25, -0.2) is 9.67 Å². The van der Waals surface area contributed by atoms with Crippen molar-refractivity contribution in [2.45, 2.75) is 13.3 Å². The molecule has 9 heteroatoms. The van der Waals surface area contributed by atoms with Crippen molar-refractivity contribution in [1.29, 1.82) is 0 Å². The molecule has 2 saturated heterocycles. The van der Waals surface area contributed by atoms with Crippen molar-refractivity contribution >= 4 is 22.8 Å². The van der Waals surface area contributed by atoms with Gasteiger partial charge in [0.1, 0.15) is 5.52 Å². The smallest absolute Gasteiger partial charge is 0.289 e. The van der Waals surface area contributed by atoms with Gasteiger partial charge in [-0.3, -0.25) is 4.79 Å². The van der Waals surface area contributed by atoms with Crippen LogP contribution in [-0.2, 0) is 4.74 Å². The molecule has 0 atom stereocenters. The number of likely N-dealkylation sites (tertiary alicyclic amines) is 1. The van der Waals surface area contributed by atoms with Crippen LogP contribution < -0.4 is 4.90 Å². The first kappa shape index (κ1) is 19.9. The summed E-state index contributed by atoms with van der Waals surface area (Å²) < 4.78 is 13.2. The molecular weight excluding hydrogens is 420 g/mol. The zero-order valence-corrected chi connectivity index (χ0v) is 18.4.